The molecule has 0 aromatic heterocycles. The Labute approximate surface area is 52.9 Å². The van der Waals surface area contributed by atoms with E-state index in [4.69, 9.17) is 0 Å². The van der Waals surface area contributed by atoms with Crippen LogP contribution in [0.3, 0.4) is 0 Å². The van der Waals surface area contributed by atoms with Gasteiger partial charge in [0.25, 0.3) is 0 Å². The molecule has 0 aliphatic carbocycles. The molecule has 0 fully saturated rings. The monoisotopic (exact) mass is 208 g/mol. The molecule has 0 aromatic carbocycles. The summed E-state index contributed by atoms with van der Waals surface area (Å²) >= 11 is 0. The van der Waals surface area contributed by atoms with Crippen molar-refractivity contribution < 1.29 is 32.9 Å². The minimum absolute atomic E-state index is 6.61. The zero-order valence-corrected chi connectivity index (χ0v) is 6.02. The van der Waals surface area contributed by atoms with Crippen molar-refractivity contribution in [1.82, 2.24) is 0 Å². The fourth-order valence-electron chi connectivity index (χ4n) is 0. The van der Waals surface area contributed by atoms with Crippen LogP contribution in [-0.2, 0) is 0 Å². The largest absolute Gasteiger partial charge is 0.844 e. The molecule has 0 amide bonds. The summed E-state index contributed by atoms with van der Waals surface area (Å²) in [5, 5.41) is 0. The molecule has 0 spiro atoms. The lowest BCUT2D eigenvalue weighted by molar-refractivity contribution is 0.366. The predicted molar refractivity (Wildman–Crippen MR) is 20.4 cm³/mol. The van der Waals surface area contributed by atoms with Gasteiger partial charge in [-0.3, -0.25) is 0 Å². The van der Waals surface area contributed by atoms with Crippen LogP contribution in [0.1, 0.15) is 0 Å². The molecule has 0 saturated carbocycles. The molecule has 10 heteroatoms. The summed E-state index contributed by atoms with van der Waals surface area (Å²) in [5.41, 5.74) is 0. The van der Waals surface area contributed by atoms with E-state index in [0.717, 1.165) is 0 Å². The Morgan fingerprint density at radius 3 is 0.400 bits per heavy atom. The van der Waals surface area contributed by atoms with Gasteiger partial charge < -0.3 is 0 Å². The van der Waals surface area contributed by atoms with E-state index < -0.39 is 18.8 Å². The Bertz CT molecular complexity index is 50.2. The van der Waals surface area contributed by atoms with Gasteiger partial charge in [0, 0.05) is 0 Å². The van der Waals surface area contributed by atoms with E-state index in [2.05, 4.69) is 0 Å². The SMILES string of the molecule is F[Si](F)(F)F.F[Si](F)(F)F. The summed E-state index contributed by atoms with van der Waals surface area (Å²) in [5.74, 6) is 0. The Hall–Kier alpha value is -0.126. The van der Waals surface area contributed by atoms with Crippen LogP contribution in [0.4, 0.5) is 32.9 Å². The van der Waals surface area contributed by atoms with Crippen molar-refractivity contribution in [3.63, 3.8) is 0 Å². The zero-order valence-electron chi connectivity index (χ0n) is 4.02. The highest BCUT2D eigenvalue weighted by molar-refractivity contribution is 6.50. The van der Waals surface area contributed by atoms with Crippen molar-refractivity contribution in [2.24, 2.45) is 0 Å². The van der Waals surface area contributed by atoms with Crippen molar-refractivity contribution in [2.75, 3.05) is 0 Å². The van der Waals surface area contributed by atoms with Crippen molar-refractivity contribution >= 4 is 18.8 Å². The third-order valence-electron chi connectivity index (χ3n) is 0. The van der Waals surface area contributed by atoms with Crippen molar-refractivity contribution in [2.45, 2.75) is 0 Å². The average molecular weight is 208 g/mol. The number of rotatable bonds is 0. The van der Waals surface area contributed by atoms with Gasteiger partial charge in [0.2, 0.25) is 0 Å². The Balaban J connectivity index is 0. The smallest absolute Gasteiger partial charge is 0.211 e. The van der Waals surface area contributed by atoms with Gasteiger partial charge in [0.05, 0.1) is 0 Å². The van der Waals surface area contributed by atoms with Crippen LogP contribution in [0.5, 0.6) is 0 Å². The molecule has 0 N–H and O–H groups in total. The summed E-state index contributed by atoms with van der Waals surface area (Å²) in [6, 6.07) is 0. The van der Waals surface area contributed by atoms with Crippen LogP contribution in [0.2, 0.25) is 0 Å². The third-order valence-corrected chi connectivity index (χ3v) is 0. The van der Waals surface area contributed by atoms with Gasteiger partial charge in [-0.05, 0) is 0 Å². The molecule has 0 aromatic rings. The number of hydrogen-bond donors (Lipinski definition) is 0. The summed E-state index contributed by atoms with van der Waals surface area (Å²) in [4.78, 5) is 0. The van der Waals surface area contributed by atoms with Gasteiger partial charge in [-0.25, -0.2) is 32.9 Å². The molecular formula is F8Si2. The number of halogens is 8. The normalized spacial score (nSPS) is 12.0. The van der Waals surface area contributed by atoms with E-state index in [1.807, 2.05) is 0 Å². The Morgan fingerprint density at radius 2 is 0.400 bits per heavy atom. The standard InChI is InChI=1S/2F4Si/c2*1-5(2,3)4. The van der Waals surface area contributed by atoms with E-state index in [-0.39, 0.29) is 0 Å². The Kier molecular flexibility index (Phi) is 4.89. The molecule has 0 aliphatic heterocycles. The highest BCUT2D eigenvalue weighted by atomic mass is 28.5. The number of hydrogen-bond acceptors (Lipinski definition) is 0. The van der Waals surface area contributed by atoms with E-state index >= 15 is 0 Å². The molecule has 0 nitrogen and oxygen atoms in total. The quantitative estimate of drug-likeness (QED) is 0.326. The zero-order chi connectivity index (χ0) is 9.00. The molecule has 0 aliphatic rings. The second kappa shape index (κ2) is 3.90. The molecule has 0 bridgehead atoms. The first-order valence-corrected chi connectivity index (χ1v) is 4.54. The van der Waals surface area contributed by atoms with Crippen LogP contribution in [0, 0.1) is 0 Å². The third kappa shape index (κ3) is 23300. The summed E-state index contributed by atoms with van der Waals surface area (Å²) in [6.45, 7) is 0. The first-order valence-electron chi connectivity index (χ1n) is 1.51. The Morgan fingerprint density at radius 1 is 0.400 bits per heavy atom. The van der Waals surface area contributed by atoms with Crippen LogP contribution in [-0.4, -0.2) is 18.8 Å². The van der Waals surface area contributed by atoms with Gasteiger partial charge in [-0.2, -0.15) is 0 Å². The lowest BCUT2D eigenvalue weighted by Crippen LogP contribution is -2.02. The maximum atomic E-state index is 9.83. The summed E-state index contributed by atoms with van der Waals surface area (Å²) in [6.07, 6.45) is 0. The molecule has 0 heterocycles. The van der Waals surface area contributed by atoms with Gasteiger partial charge in [0.15, 0.2) is 0 Å². The van der Waals surface area contributed by atoms with Crippen molar-refractivity contribution in [3.8, 4) is 0 Å². The molecule has 0 radical (unpaired) electrons. The highest BCUT2D eigenvalue weighted by Crippen LogP contribution is 2.07. The maximum Gasteiger partial charge on any atom is 0.844 e. The molecule has 0 atom stereocenters. The molecule has 10 heavy (non-hydrogen) atoms. The summed E-state index contributed by atoms with van der Waals surface area (Å²) < 4.78 is 78.6. The van der Waals surface area contributed by atoms with Crippen LogP contribution in [0.25, 0.3) is 0 Å². The lowest BCUT2D eigenvalue weighted by atomic mass is 18.6. The van der Waals surface area contributed by atoms with Gasteiger partial charge >= 0.3 is 18.8 Å². The maximum absolute atomic E-state index is 9.83. The van der Waals surface area contributed by atoms with Crippen molar-refractivity contribution in [1.29, 1.82) is 0 Å². The van der Waals surface area contributed by atoms with E-state index in [1.54, 1.807) is 0 Å². The van der Waals surface area contributed by atoms with Crippen LogP contribution < -0.4 is 0 Å². The summed E-state index contributed by atoms with van der Waals surface area (Å²) in [7, 11) is -13.2. The average Bonchev–Trinajstić information content (AvgIpc) is 1.12. The van der Waals surface area contributed by atoms with Crippen LogP contribution >= 0.6 is 0 Å². The molecular weight excluding hydrogens is 208 g/mol. The van der Waals surface area contributed by atoms with E-state index in [9.17, 15) is 32.9 Å². The van der Waals surface area contributed by atoms with E-state index in [1.165, 1.54) is 0 Å². The first kappa shape index (κ1) is 12.5. The van der Waals surface area contributed by atoms with Crippen LogP contribution in [0.15, 0.2) is 0 Å². The second-order valence-corrected chi connectivity index (χ2v) is 2.57. The minimum atomic E-state index is -6.61. The first-order chi connectivity index (χ1) is 4.00. The molecule has 0 rings (SSSR count). The van der Waals surface area contributed by atoms with Gasteiger partial charge in [0.1, 0.15) is 0 Å². The molecule has 64 valence electrons. The molecule has 0 saturated heterocycles. The van der Waals surface area contributed by atoms with Crippen molar-refractivity contribution in [3.05, 3.63) is 0 Å². The second-order valence-electron chi connectivity index (χ2n) is 0.857. The topological polar surface area (TPSA) is 0 Å². The fourth-order valence-corrected chi connectivity index (χ4v) is 0. The van der Waals surface area contributed by atoms with Gasteiger partial charge in [-0.1, -0.05) is 0 Å². The lowest BCUT2D eigenvalue weighted by Gasteiger charge is -1.75. The predicted octanol–water partition coefficient (Wildman–Crippen LogP) is 2.60. The van der Waals surface area contributed by atoms with Gasteiger partial charge in [-0.15, -0.1) is 0 Å². The molecule has 0 unspecified atom stereocenters. The highest BCUT2D eigenvalue weighted by Gasteiger charge is 2.39. The fraction of sp³-hybridized carbons (Fsp3) is 0. The van der Waals surface area contributed by atoms with E-state index in [0.29, 0.717) is 0 Å². The minimum Gasteiger partial charge on any atom is -0.211 e.